The molecule has 3 rings (SSSR count). The predicted octanol–water partition coefficient (Wildman–Crippen LogP) is -0.533. The summed E-state index contributed by atoms with van der Waals surface area (Å²) in [4.78, 5) is 15.4. The van der Waals surface area contributed by atoms with Crippen molar-refractivity contribution >= 4 is 21.4 Å². The minimum absolute atomic E-state index is 0.0569. The third-order valence-corrected chi connectivity index (χ3v) is 6.66. The summed E-state index contributed by atoms with van der Waals surface area (Å²) in [6.07, 6.45) is 0.635. The largest absolute Gasteiger partial charge is 0.369 e. The Morgan fingerprint density at radius 2 is 1.92 bits per heavy atom. The van der Waals surface area contributed by atoms with E-state index in [0.29, 0.717) is 13.0 Å². The van der Waals surface area contributed by atoms with Crippen LogP contribution in [0.1, 0.15) is 23.9 Å². The van der Waals surface area contributed by atoms with E-state index in [2.05, 4.69) is 14.9 Å². The van der Waals surface area contributed by atoms with Gasteiger partial charge in [0.05, 0.1) is 41.2 Å². The molecule has 0 aromatic carbocycles. The molecule has 0 bridgehead atoms. The van der Waals surface area contributed by atoms with Crippen molar-refractivity contribution in [2.24, 2.45) is 5.73 Å². The fourth-order valence-electron chi connectivity index (χ4n) is 3.79. The van der Waals surface area contributed by atoms with E-state index in [1.807, 2.05) is 18.5 Å². The number of aromatic nitrogens is 2. The third-order valence-electron chi connectivity index (χ3n) is 4.91. The first-order chi connectivity index (χ1) is 11.3. The molecule has 8 nitrogen and oxygen atoms in total. The van der Waals surface area contributed by atoms with Crippen molar-refractivity contribution in [2.45, 2.75) is 26.3 Å². The molecule has 1 atom stereocenters. The molecule has 2 saturated heterocycles. The lowest BCUT2D eigenvalue weighted by Crippen LogP contribution is -2.49. The molecule has 0 spiro atoms. The van der Waals surface area contributed by atoms with Gasteiger partial charge >= 0.3 is 0 Å². The Morgan fingerprint density at radius 1 is 1.25 bits per heavy atom. The van der Waals surface area contributed by atoms with Crippen molar-refractivity contribution in [3.63, 3.8) is 0 Å². The number of amides is 1. The molecule has 1 unspecified atom stereocenters. The number of primary amides is 1. The van der Waals surface area contributed by atoms with E-state index in [9.17, 15) is 13.2 Å². The first-order valence-electron chi connectivity index (χ1n) is 8.28. The van der Waals surface area contributed by atoms with Gasteiger partial charge in [0.15, 0.2) is 9.84 Å². The fraction of sp³-hybridized carbons (Fsp3) is 0.733. The Hall–Kier alpha value is -1.61. The summed E-state index contributed by atoms with van der Waals surface area (Å²) < 4.78 is 25.4. The number of hydrogen-bond donors (Lipinski definition) is 1. The molecule has 3 heterocycles. The summed E-state index contributed by atoms with van der Waals surface area (Å²) in [5.41, 5.74) is 8.31. The summed E-state index contributed by atoms with van der Waals surface area (Å²) in [7, 11) is -2.93. The molecular weight excluding hydrogens is 330 g/mol. The van der Waals surface area contributed by atoms with Gasteiger partial charge in [-0.25, -0.2) is 8.42 Å². The predicted molar refractivity (Wildman–Crippen MR) is 91.9 cm³/mol. The molecule has 2 aliphatic heterocycles. The Kier molecular flexibility index (Phi) is 4.56. The van der Waals surface area contributed by atoms with Gasteiger partial charge in [-0.15, -0.1) is 0 Å². The van der Waals surface area contributed by atoms with E-state index in [0.717, 1.165) is 43.3 Å². The van der Waals surface area contributed by atoms with Crippen molar-refractivity contribution in [1.82, 2.24) is 14.7 Å². The van der Waals surface area contributed by atoms with E-state index < -0.39 is 9.84 Å². The topological polar surface area (TPSA) is 102 Å². The minimum Gasteiger partial charge on any atom is -0.369 e. The lowest BCUT2D eigenvalue weighted by Gasteiger charge is -2.35. The van der Waals surface area contributed by atoms with E-state index in [1.165, 1.54) is 0 Å². The number of nitrogens with zero attached hydrogens (tertiary/aromatic N) is 4. The van der Waals surface area contributed by atoms with Gasteiger partial charge < -0.3 is 10.6 Å². The summed E-state index contributed by atoms with van der Waals surface area (Å²) in [5.74, 6) is 0.129. The Bertz CT molecular complexity index is 735. The van der Waals surface area contributed by atoms with Gasteiger partial charge in [0, 0.05) is 26.2 Å². The number of aryl methyl sites for hydroxylation is 1. The monoisotopic (exact) mass is 355 g/mol. The van der Waals surface area contributed by atoms with Gasteiger partial charge in [0.1, 0.15) is 0 Å². The highest BCUT2D eigenvalue weighted by Gasteiger charge is 2.32. The molecule has 1 aromatic rings. The maximum Gasteiger partial charge on any atom is 0.231 e. The molecule has 2 aliphatic rings. The molecule has 2 N–H and O–H groups in total. The summed E-state index contributed by atoms with van der Waals surface area (Å²) in [5, 5.41) is 4.62. The van der Waals surface area contributed by atoms with E-state index >= 15 is 0 Å². The normalized spacial score (nSPS) is 24.4. The molecule has 24 heavy (non-hydrogen) atoms. The molecular formula is C15H25N5O3S. The minimum atomic E-state index is -2.93. The highest BCUT2D eigenvalue weighted by Crippen LogP contribution is 2.31. The number of rotatable bonds is 4. The van der Waals surface area contributed by atoms with Crippen LogP contribution < -0.4 is 10.6 Å². The highest BCUT2D eigenvalue weighted by atomic mass is 32.2. The Balaban J connectivity index is 1.75. The average molecular weight is 355 g/mol. The van der Waals surface area contributed by atoms with Crippen molar-refractivity contribution in [3.05, 3.63) is 11.4 Å². The molecule has 0 aliphatic carbocycles. The van der Waals surface area contributed by atoms with E-state index in [1.54, 1.807) is 0 Å². The van der Waals surface area contributed by atoms with Crippen LogP contribution in [0.2, 0.25) is 0 Å². The number of carbonyl (C=O) groups excluding carboxylic acids is 1. The first-order valence-corrected chi connectivity index (χ1v) is 10.1. The number of carbonyl (C=O) groups is 1. The van der Waals surface area contributed by atoms with Gasteiger partial charge in [-0.1, -0.05) is 0 Å². The molecule has 0 saturated carbocycles. The summed E-state index contributed by atoms with van der Waals surface area (Å²) in [6.45, 7) is 7.46. The van der Waals surface area contributed by atoms with Crippen LogP contribution in [0.4, 0.5) is 5.69 Å². The maximum atomic E-state index is 11.7. The second kappa shape index (κ2) is 6.36. The van der Waals surface area contributed by atoms with E-state index in [4.69, 9.17) is 5.73 Å². The van der Waals surface area contributed by atoms with Crippen molar-refractivity contribution < 1.29 is 13.2 Å². The highest BCUT2D eigenvalue weighted by molar-refractivity contribution is 7.91. The van der Waals surface area contributed by atoms with E-state index in [-0.39, 0.29) is 23.5 Å². The van der Waals surface area contributed by atoms with Crippen molar-refractivity contribution in [3.8, 4) is 0 Å². The number of sulfone groups is 1. The third kappa shape index (κ3) is 3.41. The molecule has 2 fully saturated rings. The number of nitrogens with two attached hydrogens (primary N) is 1. The van der Waals surface area contributed by atoms with Gasteiger partial charge in [0.2, 0.25) is 5.91 Å². The van der Waals surface area contributed by atoms with Crippen LogP contribution in [0, 0.1) is 13.8 Å². The lowest BCUT2D eigenvalue weighted by atomic mass is 10.2. The van der Waals surface area contributed by atoms with Gasteiger partial charge in [-0.3, -0.25) is 14.4 Å². The molecule has 134 valence electrons. The first kappa shape index (κ1) is 17.2. The van der Waals surface area contributed by atoms with Crippen LogP contribution in [0.15, 0.2) is 0 Å². The van der Waals surface area contributed by atoms with Gasteiger partial charge in [-0.2, -0.15) is 5.10 Å². The van der Waals surface area contributed by atoms with Crippen LogP contribution in [-0.4, -0.2) is 73.2 Å². The van der Waals surface area contributed by atoms with Crippen molar-refractivity contribution in [2.75, 3.05) is 49.1 Å². The second-order valence-electron chi connectivity index (χ2n) is 6.75. The van der Waals surface area contributed by atoms with Crippen LogP contribution >= 0.6 is 0 Å². The summed E-state index contributed by atoms with van der Waals surface area (Å²) >= 11 is 0. The van der Waals surface area contributed by atoms with Crippen LogP contribution in [-0.2, 0) is 14.6 Å². The fourth-order valence-corrected chi connectivity index (χ4v) is 5.48. The number of anilines is 1. The molecule has 1 amide bonds. The van der Waals surface area contributed by atoms with Crippen LogP contribution in [0.5, 0.6) is 0 Å². The molecule has 9 heteroatoms. The zero-order valence-electron chi connectivity index (χ0n) is 14.2. The Morgan fingerprint density at radius 3 is 2.46 bits per heavy atom. The maximum absolute atomic E-state index is 11.7. The zero-order chi connectivity index (χ0) is 17.5. The van der Waals surface area contributed by atoms with Crippen molar-refractivity contribution in [1.29, 1.82) is 0 Å². The molecule has 1 aromatic heterocycles. The Labute approximate surface area is 142 Å². The van der Waals surface area contributed by atoms with Crippen LogP contribution in [0.3, 0.4) is 0 Å². The quantitative estimate of drug-likeness (QED) is 0.779. The van der Waals surface area contributed by atoms with Gasteiger partial charge in [-0.05, 0) is 20.3 Å². The standard InChI is InChI=1S/C15H25N5O3S/c1-11-15(19-6-4-18(5-7-19)9-14(16)21)12(2)20(17-11)13-3-8-24(22,23)10-13/h13H,3-10H2,1-2H3,(H2,16,21). The lowest BCUT2D eigenvalue weighted by molar-refractivity contribution is -0.119. The SMILES string of the molecule is Cc1nn(C2CCS(=O)(=O)C2)c(C)c1N1CCN(CC(N)=O)CC1. The smallest absolute Gasteiger partial charge is 0.231 e. The number of hydrogen-bond acceptors (Lipinski definition) is 6. The summed E-state index contributed by atoms with van der Waals surface area (Å²) in [6, 6.07) is -0.0569. The second-order valence-corrected chi connectivity index (χ2v) is 8.98. The molecule has 0 radical (unpaired) electrons. The van der Waals surface area contributed by atoms with Crippen LogP contribution in [0.25, 0.3) is 0 Å². The number of piperazine rings is 1. The van der Waals surface area contributed by atoms with Gasteiger partial charge in [0.25, 0.3) is 0 Å². The average Bonchev–Trinajstić information content (AvgIpc) is 2.99. The zero-order valence-corrected chi connectivity index (χ0v) is 15.0.